The number of guanidine groups is 1. The minimum atomic E-state index is 0.575. The Labute approximate surface area is 151 Å². The van der Waals surface area contributed by atoms with Crippen LogP contribution >= 0.6 is 0 Å². The Morgan fingerprint density at radius 3 is 2.68 bits per heavy atom. The molecule has 1 aromatic rings. The van der Waals surface area contributed by atoms with Gasteiger partial charge in [0.25, 0.3) is 0 Å². The van der Waals surface area contributed by atoms with Crippen molar-refractivity contribution in [1.82, 2.24) is 10.2 Å². The molecule has 0 radical (unpaired) electrons. The van der Waals surface area contributed by atoms with Crippen molar-refractivity contribution in [3.8, 4) is 11.5 Å². The Balaban J connectivity index is 1.87. The van der Waals surface area contributed by atoms with Crippen LogP contribution in [0.25, 0.3) is 0 Å². The summed E-state index contributed by atoms with van der Waals surface area (Å²) in [5.74, 6) is 2.80. The van der Waals surface area contributed by atoms with E-state index in [1.165, 1.54) is 25.9 Å². The zero-order chi connectivity index (χ0) is 18.1. The van der Waals surface area contributed by atoms with E-state index in [-0.39, 0.29) is 0 Å². The van der Waals surface area contributed by atoms with Crippen molar-refractivity contribution in [2.24, 2.45) is 10.9 Å². The SMILES string of the molecule is CCOc1cc(NC(=NC)NCC(C)CN2CCCC2)ccc1OC. The Kier molecular flexibility index (Phi) is 7.85. The number of hydrogen-bond acceptors (Lipinski definition) is 4. The maximum absolute atomic E-state index is 5.63. The number of nitrogens with zero attached hydrogens (tertiary/aromatic N) is 2. The van der Waals surface area contributed by atoms with Gasteiger partial charge >= 0.3 is 0 Å². The molecule has 1 atom stereocenters. The number of methoxy groups -OCH3 is 1. The largest absolute Gasteiger partial charge is 0.493 e. The Morgan fingerprint density at radius 1 is 1.28 bits per heavy atom. The molecule has 1 aliphatic rings. The molecule has 6 nitrogen and oxygen atoms in total. The fraction of sp³-hybridized carbons (Fsp3) is 0.632. The lowest BCUT2D eigenvalue weighted by molar-refractivity contribution is 0.288. The van der Waals surface area contributed by atoms with Gasteiger partial charge in [-0.25, -0.2) is 0 Å². The number of aliphatic imine (C=N–C) groups is 1. The molecule has 1 aromatic carbocycles. The predicted molar refractivity (Wildman–Crippen MR) is 104 cm³/mol. The van der Waals surface area contributed by atoms with Crippen molar-refractivity contribution >= 4 is 11.6 Å². The Hall–Kier alpha value is -1.95. The molecular weight excluding hydrogens is 316 g/mol. The minimum absolute atomic E-state index is 0.575. The third-order valence-corrected chi connectivity index (χ3v) is 4.34. The molecule has 0 aromatic heterocycles. The third kappa shape index (κ3) is 6.12. The molecule has 0 bridgehead atoms. The molecule has 25 heavy (non-hydrogen) atoms. The van der Waals surface area contributed by atoms with E-state index in [0.29, 0.717) is 12.5 Å². The van der Waals surface area contributed by atoms with Crippen LogP contribution in [0.1, 0.15) is 26.7 Å². The second-order valence-corrected chi connectivity index (χ2v) is 6.49. The van der Waals surface area contributed by atoms with Crippen LogP contribution in [0, 0.1) is 5.92 Å². The van der Waals surface area contributed by atoms with E-state index in [1.54, 1.807) is 14.2 Å². The molecule has 1 heterocycles. The fourth-order valence-electron chi connectivity index (χ4n) is 3.08. The lowest BCUT2D eigenvalue weighted by atomic mass is 10.1. The molecular formula is C19H32N4O2. The topological polar surface area (TPSA) is 58.1 Å². The lowest BCUT2D eigenvalue weighted by Crippen LogP contribution is -2.37. The summed E-state index contributed by atoms with van der Waals surface area (Å²) in [6.45, 7) is 9.35. The molecule has 0 amide bonds. The molecule has 1 unspecified atom stereocenters. The molecule has 2 N–H and O–H groups in total. The standard InChI is InChI=1S/C19H32N4O2/c1-5-25-18-12-16(8-9-17(18)24-4)22-19(20-3)21-13-15(2)14-23-10-6-7-11-23/h8-9,12,15H,5-7,10-11,13-14H2,1-4H3,(H2,20,21,22). The summed E-state index contributed by atoms with van der Waals surface area (Å²) in [5, 5.41) is 6.73. The van der Waals surface area contributed by atoms with Crippen LogP contribution in [0.15, 0.2) is 23.2 Å². The highest BCUT2D eigenvalue weighted by molar-refractivity contribution is 5.93. The van der Waals surface area contributed by atoms with E-state index >= 15 is 0 Å². The monoisotopic (exact) mass is 348 g/mol. The highest BCUT2D eigenvalue weighted by Gasteiger charge is 2.15. The summed E-state index contributed by atoms with van der Waals surface area (Å²) >= 11 is 0. The van der Waals surface area contributed by atoms with E-state index in [1.807, 2.05) is 25.1 Å². The average Bonchev–Trinajstić information content (AvgIpc) is 3.12. The molecule has 1 fully saturated rings. The van der Waals surface area contributed by atoms with E-state index in [0.717, 1.165) is 36.2 Å². The highest BCUT2D eigenvalue weighted by Crippen LogP contribution is 2.30. The molecule has 1 aliphatic heterocycles. The molecule has 0 aliphatic carbocycles. The number of nitrogens with one attached hydrogen (secondary N) is 2. The van der Waals surface area contributed by atoms with Crippen molar-refractivity contribution in [1.29, 1.82) is 0 Å². The average molecular weight is 348 g/mol. The number of benzene rings is 1. The van der Waals surface area contributed by atoms with Crippen LogP contribution < -0.4 is 20.1 Å². The van der Waals surface area contributed by atoms with Gasteiger partial charge in [-0.3, -0.25) is 4.99 Å². The maximum Gasteiger partial charge on any atom is 0.195 e. The first-order valence-electron chi connectivity index (χ1n) is 9.17. The summed E-state index contributed by atoms with van der Waals surface area (Å²) in [5.41, 5.74) is 0.921. The van der Waals surface area contributed by atoms with Gasteiger partial charge in [0.05, 0.1) is 13.7 Å². The fourth-order valence-corrected chi connectivity index (χ4v) is 3.08. The van der Waals surface area contributed by atoms with Gasteiger partial charge in [-0.05, 0) is 50.9 Å². The lowest BCUT2D eigenvalue weighted by Gasteiger charge is -2.21. The summed E-state index contributed by atoms with van der Waals surface area (Å²) in [6.07, 6.45) is 2.67. The second kappa shape index (κ2) is 10.1. The number of hydrogen-bond donors (Lipinski definition) is 2. The number of ether oxygens (including phenoxy) is 2. The van der Waals surface area contributed by atoms with Gasteiger partial charge in [0.1, 0.15) is 0 Å². The predicted octanol–water partition coefficient (Wildman–Crippen LogP) is 2.81. The van der Waals surface area contributed by atoms with Crippen LogP contribution in [-0.4, -0.2) is 57.8 Å². The smallest absolute Gasteiger partial charge is 0.195 e. The second-order valence-electron chi connectivity index (χ2n) is 6.49. The molecule has 6 heteroatoms. The van der Waals surface area contributed by atoms with E-state index < -0.39 is 0 Å². The van der Waals surface area contributed by atoms with Crippen molar-refractivity contribution < 1.29 is 9.47 Å². The van der Waals surface area contributed by atoms with Gasteiger partial charge in [-0.2, -0.15) is 0 Å². The van der Waals surface area contributed by atoms with Crippen molar-refractivity contribution in [2.75, 3.05) is 52.3 Å². The summed E-state index contributed by atoms with van der Waals surface area (Å²) in [6, 6.07) is 5.79. The van der Waals surface area contributed by atoms with Gasteiger partial charge in [-0.15, -0.1) is 0 Å². The Bertz CT molecular complexity index is 556. The molecule has 1 saturated heterocycles. The van der Waals surface area contributed by atoms with E-state index in [2.05, 4.69) is 27.4 Å². The zero-order valence-corrected chi connectivity index (χ0v) is 16.0. The van der Waals surface area contributed by atoms with Crippen LogP contribution in [0.5, 0.6) is 11.5 Å². The normalized spacial score (nSPS) is 16.6. The first kappa shape index (κ1) is 19.4. The van der Waals surface area contributed by atoms with Crippen LogP contribution in [0.2, 0.25) is 0 Å². The van der Waals surface area contributed by atoms with Gasteiger partial charge in [0.2, 0.25) is 0 Å². The summed E-state index contributed by atoms with van der Waals surface area (Å²) < 4.78 is 10.9. The zero-order valence-electron chi connectivity index (χ0n) is 16.0. The third-order valence-electron chi connectivity index (χ3n) is 4.34. The Morgan fingerprint density at radius 2 is 2.04 bits per heavy atom. The highest BCUT2D eigenvalue weighted by atomic mass is 16.5. The van der Waals surface area contributed by atoms with E-state index in [4.69, 9.17) is 9.47 Å². The van der Waals surface area contributed by atoms with Gasteiger partial charge < -0.3 is 25.0 Å². The minimum Gasteiger partial charge on any atom is -0.493 e. The van der Waals surface area contributed by atoms with Crippen LogP contribution in [0.3, 0.4) is 0 Å². The number of likely N-dealkylation sites (tertiary alicyclic amines) is 1. The molecule has 140 valence electrons. The molecule has 2 rings (SSSR count). The van der Waals surface area contributed by atoms with E-state index in [9.17, 15) is 0 Å². The van der Waals surface area contributed by atoms with Crippen molar-refractivity contribution in [2.45, 2.75) is 26.7 Å². The van der Waals surface area contributed by atoms with Gasteiger partial charge in [0, 0.05) is 31.9 Å². The summed E-state index contributed by atoms with van der Waals surface area (Å²) in [7, 11) is 3.43. The molecule has 0 spiro atoms. The van der Waals surface area contributed by atoms with Crippen LogP contribution in [-0.2, 0) is 0 Å². The van der Waals surface area contributed by atoms with Crippen LogP contribution in [0.4, 0.5) is 5.69 Å². The van der Waals surface area contributed by atoms with Crippen molar-refractivity contribution in [3.05, 3.63) is 18.2 Å². The number of rotatable bonds is 8. The quantitative estimate of drug-likeness (QED) is 0.559. The maximum atomic E-state index is 5.63. The van der Waals surface area contributed by atoms with Gasteiger partial charge in [0.15, 0.2) is 17.5 Å². The first-order valence-corrected chi connectivity index (χ1v) is 9.17. The number of anilines is 1. The first-order chi connectivity index (χ1) is 12.2. The molecule has 0 saturated carbocycles. The van der Waals surface area contributed by atoms with Gasteiger partial charge in [-0.1, -0.05) is 6.92 Å². The summed E-state index contributed by atoms with van der Waals surface area (Å²) in [4.78, 5) is 6.86. The van der Waals surface area contributed by atoms with Crippen molar-refractivity contribution in [3.63, 3.8) is 0 Å².